The summed E-state index contributed by atoms with van der Waals surface area (Å²) in [6, 6.07) is 1.16. The van der Waals surface area contributed by atoms with Gasteiger partial charge in [-0.3, -0.25) is 0 Å². The van der Waals surface area contributed by atoms with Gasteiger partial charge in [0.2, 0.25) is 10.0 Å². The quantitative estimate of drug-likeness (QED) is 0.827. The van der Waals surface area contributed by atoms with Gasteiger partial charge < -0.3 is 0 Å². The molecule has 1 N–H and O–H groups in total. The van der Waals surface area contributed by atoms with Crippen molar-refractivity contribution < 1.29 is 17.2 Å². The van der Waals surface area contributed by atoms with Crippen molar-refractivity contribution in [2.75, 3.05) is 0 Å². The molecule has 114 valence electrons. The first-order valence-electron chi connectivity index (χ1n) is 6.30. The monoisotopic (exact) mass is 369 g/mol. The van der Waals surface area contributed by atoms with Crippen LogP contribution in [0.3, 0.4) is 0 Å². The lowest BCUT2D eigenvalue weighted by Crippen LogP contribution is -2.33. The molecule has 0 saturated heterocycles. The molecule has 0 heterocycles. The predicted octanol–water partition coefficient (Wildman–Crippen LogP) is 3.83. The molecule has 0 spiro atoms. The topological polar surface area (TPSA) is 46.2 Å². The first kappa shape index (κ1) is 17.5. The summed E-state index contributed by atoms with van der Waals surface area (Å²) in [5.74, 6) is -1.49. The molecule has 1 unspecified atom stereocenters. The molecule has 0 bridgehead atoms. The van der Waals surface area contributed by atoms with Gasteiger partial charge in [0.15, 0.2) is 0 Å². The number of rotatable bonds is 6. The van der Waals surface area contributed by atoms with E-state index in [1.165, 1.54) is 0 Å². The highest BCUT2D eigenvalue weighted by molar-refractivity contribution is 9.10. The predicted molar refractivity (Wildman–Crippen MR) is 77.9 cm³/mol. The van der Waals surface area contributed by atoms with E-state index in [1.807, 2.05) is 13.8 Å². The van der Waals surface area contributed by atoms with Gasteiger partial charge in [0.05, 0.1) is 0 Å². The Labute approximate surface area is 126 Å². The van der Waals surface area contributed by atoms with E-state index in [4.69, 9.17) is 0 Å². The Morgan fingerprint density at radius 2 is 1.80 bits per heavy atom. The largest absolute Gasteiger partial charge is 0.244 e. The number of hydrogen-bond acceptors (Lipinski definition) is 2. The van der Waals surface area contributed by atoms with Gasteiger partial charge in [-0.15, -0.1) is 0 Å². The minimum atomic E-state index is -4.02. The van der Waals surface area contributed by atoms with Crippen LogP contribution >= 0.6 is 15.9 Å². The van der Waals surface area contributed by atoms with Crippen LogP contribution in [0.15, 0.2) is 21.5 Å². The fraction of sp³-hybridized carbons (Fsp3) is 0.538. The van der Waals surface area contributed by atoms with Crippen LogP contribution < -0.4 is 4.72 Å². The standard InChI is InChI=1S/C13H18BrF2NO2S/c1-8(2)4-5-9(3)17-20(18,19)13-11(14)6-10(15)7-12(13)16/h6-9,17H,4-5H2,1-3H3. The van der Waals surface area contributed by atoms with Crippen LogP contribution in [0.4, 0.5) is 8.78 Å². The average Bonchev–Trinajstić information content (AvgIpc) is 2.23. The minimum absolute atomic E-state index is 0.126. The maximum absolute atomic E-state index is 13.7. The first-order chi connectivity index (χ1) is 9.13. The zero-order valence-electron chi connectivity index (χ0n) is 11.6. The average molecular weight is 370 g/mol. The van der Waals surface area contributed by atoms with Gasteiger partial charge in [-0.1, -0.05) is 13.8 Å². The fourth-order valence-corrected chi connectivity index (χ4v) is 4.20. The van der Waals surface area contributed by atoms with Crippen LogP contribution in [0.5, 0.6) is 0 Å². The Balaban J connectivity index is 2.95. The lowest BCUT2D eigenvalue weighted by atomic mass is 10.1. The molecule has 0 aliphatic heterocycles. The summed E-state index contributed by atoms with van der Waals surface area (Å²) in [5.41, 5.74) is 0. The fourth-order valence-electron chi connectivity index (χ4n) is 1.75. The van der Waals surface area contributed by atoms with Crippen molar-refractivity contribution in [3.63, 3.8) is 0 Å². The highest BCUT2D eigenvalue weighted by atomic mass is 79.9. The molecule has 0 fully saturated rings. The molecule has 3 nitrogen and oxygen atoms in total. The third-order valence-corrected chi connectivity index (χ3v) is 5.32. The zero-order chi connectivity index (χ0) is 15.5. The second-order valence-corrected chi connectivity index (χ2v) is 7.70. The van der Waals surface area contributed by atoms with Gasteiger partial charge in [-0.05, 0) is 47.7 Å². The maximum atomic E-state index is 13.7. The Morgan fingerprint density at radius 3 is 2.30 bits per heavy atom. The van der Waals surface area contributed by atoms with Crippen molar-refractivity contribution in [1.29, 1.82) is 0 Å². The van der Waals surface area contributed by atoms with Gasteiger partial charge in [0.25, 0.3) is 0 Å². The van der Waals surface area contributed by atoms with E-state index in [-0.39, 0.29) is 10.5 Å². The Morgan fingerprint density at radius 1 is 1.20 bits per heavy atom. The Bertz CT molecular complexity index is 553. The van der Waals surface area contributed by atoms with Crippen LogP contribution in [-0.2, 0) is 10.0 Å². The summed E-state index contributed by atoms with van der Waals surface area (Å²) in [7, 11) is -4.02. The summed E-state index contributed by atoms with van der Waals surface area (Å²) in [6.45, 7) is 5.80. The molecule has 0 radical (unpaired) electrons. The first-order valence-corrected chi connectivity index (χ1v) is 8.58. The van der Waals surface area contributed by atoms with E-state index in [2.05, 4.69) is 20.7 Å². The van der Waals surface area contributed by atoms with E-state index >= 15 is 0 Å². The van der Waals surface area contributed by atoms with Gasteiger partial charge in [-0.2, -0.15) is 0 Å². The number of halogens is 3. The van der Waals surface area contributed by atoms with Crippen LogP contribution in [0.2, 0.25) is 0 Å². The summed E-state index contributed by atoms with van der Waals surface area (Å²) >= 11 is 2.89. The molecule has 1 rings (SSSR count). The smallest absolute Gasteiger partial charge is 0.208 e. The Hall–Kier alpha value is -0.530. The second kappa shape index (κ2) is 6.95. The van der Waals surface area contributed by atoms with Gasteiger partial charge in [0.1, 0.15) is 16.5 Å². The molecular weight excluding hydrogens is 352 g/mol. The SMILES string of the molecule is CC(C)CCC(C)NS(=O)(=O)c1c(F)cc(F)cc1Br. The van der Waals surface area contributed by atoms with Gasteiger partial charge >= 0.3 is 0 Å². The van der Waals surface area contributed by atoms with E-state index in [0.717, 1.165) is 12.5 Å². The molecule has 1 aromatic rings. The molecule has 0 amide bonds. The molecule has 7 heteroatoms. The van der Waals surface area contributed by atoms with Crippen molar-refractivity contribution in [3.8, 4) is 0 Å². The number of hydrogen-bond donors (Lipinski definition) is 1. The normalized spacial score (nSPS) is 13.8. The minimum Gasteiger partial charge on any atom is -0.208 e. The maximum Gasteiger partial charge on any atom is 0.244 e. The van der Waals surface area contributed by atoms with E-state index < -0.39 is 26.6 Å². The van der Waals surface area contributed by atoms with Crippen molar-refractivity contribution in [3.05, 3.63) is 28.2 Å². The van der Waals surface area contributed by atoms with E-state index in [0.29, 0.717) is 18.4 Å². The molecule has 0 aromatic heterocycles. The van der Waals surface area contributed by atoms with Crippen LogP contribution in [0.1, 0.15) is 33.6 Å². The molecule has 0 aliphatic carbocycles. The van der Waals surface area contributed by atoms with Gasteiger partial charge in [0, 0.05) is 16.6 Å². The Kier molecular flexibility index (Phi) is 6.09. The molecular formula is C13H18BrF2NO2S. The third-order valence-electron chi connectivity index (χ3n) is 2.77. The van der Waals surface area contributed by atoms with Crippen LogP contribution in [-0.4, -0.2) is 14.5 Å². The molecule has 0 aliphatic rings. The lowest BCUT2D eigenvalue weighted by Gasteiger charge is -2.16. The molecule has 20 heavy (non-hydrogen) atoms. The van der Waals surface area contributed by atoms with E-state index in [1.54, 1.807) is 6.92 Å². The van der Waals surface area contributed by atoms with Crippen LogP contribution in [0, 0.1) is 17.6 Å². The van der Waals surface area contributed by atoms with Crippen molar-refractivity contribution in [2.45, 2.75) is 44.6 Å². The summed E-state index contributed by atoms with van der Waals surface area (Å²) < 4.78 is 53.2. The second-order valence-electron chi connectivity index (χ2n) is 5.19. The summed E-state index contributed by atoms with van der Waals surface area (Å²) in [6.07, 6.45) is 1.51. The summed E-state index contributed by atoms with van der Waals surface area (Å²) in [4.78, 5) is -0.560. The molecule has 0 saturated carbocycles. The number of sulfonamides is 1. The summed E-state index contributed by atoms with van der Waals surface area (Å²) in [5, 5.41) is 0. The molecule has 1 aromatic carbocycles. The number of benzene rings is 1. The van der Waals surface area contributed by atoms with Gasteiger partial charge in [-0.25, -0.2) is 21.9 Å². The molecule has 1 atom stereocenters. The third kappa shape index (κ3) is 4.79. The lowest BCUT2D eigenvalue weighted by molar-refractivity contribution is 0.482. The highest BCUT2D eigenvalue weighted by Crippen LogP contribution is 2.26. The van der Waals surface area contributed by atoms with Crippen LogP contribution in [0.25, 0.3) is 0 Å². The highest BCUT2D eigenvalue weighted by Gasteiger charge is 2.25. The van der Waals surface area contributed by atoms with Crippen molar-refractivity contribution >= 4 is 26.0 Å². The number of nitrogens with one attached hydrogen (secondary N) is 1. The zero-order valence-corrected chi connectivity index (χ0v) is 14.0. The van der Waals surface area contributed by atoms with E-state index in [9.17, 15) is 17.2 Å². The van der Waals surface area contributed by atoms with Crippen molar-refractivity contribution in [2.24, 2.45) is 5.92 Å². The van der Waals surface area contributed by atoms with Crippen molar-refractivity contribution in [1.82, 2.24) is 4.72 Å².